The Morgan fingerprint density at radius 2 is 2.00 bits per heavy atom. The highest BCUT2D eigenvalue weighted by atomic mass is 16.3. The monoisotopic (exact) mass is 341 g/mol. The third-order valence-corrected chi connectivity index (χ3v) is 4.90. The van der Waals surface area contributed by atoms with Gasteiger partial charge in [0.05, 0.1) is 6.54 Å². The van der Waals surface area contributed by atoms with Crippen LogP contribution in [-0.2, 0) is 20.1 Å². The molecule has 1 saturated heterocycles. The Kier molecular flexibility index (Phi) is 4.35. The summed E-state index contributed by atoms with van der Waals surface area (Å²) in [6, 6.07) is 4.10. The molecule has 3 aromatic heterocycles. The summed E-state index contributed by atoms with van der Waals surface area (Å²) in [5.74, 6) is 4.46. The molecule has 0 spiro atoms. The molecule has 1 aliphatic heterocycles. The van der Waals surface area contributed by atoms with E-state index < -0.39 is 0 Å². The largest absolute Gasteiger partial charge is 0.465 e. The Balaban J connectivity index is 1.37. The molecule has 0 radical (unpaired) electrons. The standard InChI is InChI=1S/C17H23N7O/c1-13-3-4-15(25-13)9-23-7-5-14(6-8-23)17-21-20-16(22(17)2)10-24-12-18-11-19-24/h3-4,11-12,14H,5-10H2,1-2H3. The maximum Gasteiger partial charge on any atom is 0.154 e. The molecule has 8 nitrogen and oxygen atoms in total. The molecule has 1 fully saturated rings. The molecule has 0 aliphatic carbocycles. The fourth-order valence-electron chi connectivity index (χ4n) is 3.47. The number of nitrogens with zero attached hydrogens (tertiary/aromatic N) is 7. The van der Waals surface area contributed by atoms with E-state index >= 15 is 0 Å². The van der Waals surface area contributed by atoms with Crippen molar-refractivity contribution < 1.29 is 4.42 Å². The van der Waals surface area contributed by atoms with Crippen molar-refractivity contribution in [2.75, 3.05) is 13.1 Å². The van der Waals surface area contributed by atoms with Crippen molar-refractivity contribution in [3.63, 3.8) is 0 Å². The zero-order chi connectivity index (χ0) is 17.2. The zero-order valence-corrected chi connectivity index (χ0v) is 14.7. The molecule has 4 heterocycles. The predicted molar refractivity (Wildman–Crippen MR) is 90.8 cm³/mol. The van der Waals surface area contributed by atoms with Gasteiger partial charge in [0, 0.05) is 13.0 Å². The second kappa shape index (κ2) is 6.79. The lowest BCUT2D eigenvalue weighted by atomic mass is 9.96. The normalized spacial score (nSPS) is 16.6. The van der Waals surface area contributed by atoms with Crippen LogP contribution in [0.5, 0.6) is 0 Å². The van der Waals surface area contributed by atoms with Gasteiger partial charge in [-0.05, 0) is 45.0 Å². The molecule has 0 N–H and O–H groups in total. The third-order valence-electron chi connectivity index (χ3n) is 4.90. The van der Waals surface area contributed by atoms with Crippen molar-refractivity contribution in [2.24, 2.45) is 7.05 Å². The number of furan rings is 1. The van der Waals surface area contributed by atoms with Crippen molar-refractivity contribution in [2.45, 2.75) is 38.8 Å². The van der Waals surface area contributed by atoms with Crippen LogP contribution in [-0.4, -0.2) is 47.5 Å². The van der Waals surface area contributed by atoms with E-state index in [1.807, 2.05) is 20.0 Å². The van der Waals surface area contributed by atoms with Crippen LogP contribution in [0, 0.1) is 6.92 Å². The average Bonchev–Trinajstić information content (AvgIpc) is 3.33. The quantitative estimate of drug-likeness (QED) is 0.703. The number of hydrogen-bond acceptors (Lipinski definition) is 6. The Morgan fingerprint density at radius 3 is 2.68 bits per heavy atom. The van der Waals surface area contributed by atoms with Gasteiger partial charge in [0.15, 0.2) is 5.82 Å². The van der Waals surface area contributed by atoms with Crippen LogP contribution in [0.25, 0.3) is 0 Å². The van der Waals surface area contributed by atoms with E-state index in [1.54, 1.807) is 11.0 Å². The Bertz CT molecular complexity index is 812. The summed E-state index contributed by atoms with van der Waals surface area (Å²) in [5, 5.41) is 12.9. The zero-order valence-electron chi connectivity index (χ0n) is 14.7. The Morgan fingerprint density at radius 1 is 1.16 bits per heavy atom. The summed E-state index contributed by atoms with van der Waals surface area (Å²) in [6.45, 7) is 5.57. The van der Waals surface area contributed by atoms with Gasteiger partial charge in [0.1, 0.15) is 36.5 Å². The minimum atomic E-state index is 0.455. The van der Waals surface area contributed by atoms with Crippen molar-refractivity contribution in [1.29, 1.82) is 0 Å². The molecule has 8 heteroatoms. The summed E-state index contributed by atoms with van der Waals surface area (Å²) in [6.07, 6.45) is 5.42. The number of rotatable bonds is 5. The van der Waals surface area contributed by atoms with E-state index in [2.05, 4.69) is 35.8 Å². The summed E-state index contributed by atoms with van der Waals surface area (Å²) in [7, 11) is 2.04. The summed E-state index contributed by atoms with van der Waals surface area (Å²) >= 11 is 0. The fourth-order valence-corrected chi connectivity index (χ4v) is 3.47. The molecule has 132 valence electrons. The van der Waals surface area contributed by atoms with E-state index in [1.165, 1.54) is 6.33 Å². The van der Waals surface area contributed by atoms with Gasteiger partial charge in [-0.2, -0.15) is 5.10 Å². The van der Waals surface area contributed by atoms with Crippen LogP contribution in [0.1, 0.15) is 41.9 Å². The first-order chi connectivity index (χ1) is 12.2. The fraction of sp³-hybridized carbons (Fsp3) is 0.529. The van der Waals surface area contributed by atoms with Crippen LogP contribution in [0.15, 0.2) is 29.2 Å². The van der Waals surface area contributed by atoms with Gasteiger partial charge in [0.25, 0.3) is 0 Å². The molecule has 0 amide bonds. The smallest absolute Gasteiger partial charge is 0.154 e. The highest BCUT2D eigenvalue weighted by Crippen LogP contribution is 2.27. The minimum absolute atomic E-state index is 0.455. The van der Waals surface area contributed by atoms with Gasteiger partial charge in [-0.1, -0.05) is 0 Å². The van der Waals surface area contributed by atoms with E-state index in [9.17, 15) is 0 Å². The van der Waals surface area contributed by atoms with Gasteiger partial charge < -0.3 is 8.98 Å². The van der Waals surface area contributed by atoms with Crippen LogP contribution < -0.4 is 0 Å². The van der Waals surface area contributed by atoms with Crippen LogP contribution in [0.2, 0.25) is 0 Å². The molecule has 0 aromatic carbocycles. The lowest BCUT2D eigenvalue weighted by Crippen LogP contribution is -2.33. The first-order valence-corrected chi connectivity index (χ1v) is 8.67. The first-order valence-electron chi connectivity index (χ1n) is 8.67. The first kappa shape index (κ1) is 16.0. The van der Waals surface area contributed by atoms with Crippen molar-refractivity contribution in [1.82, 2.24) is 34.4 Å². The number of piperidine rings is 1. The van der Waals surface area contributed by atoms with Gasteiger partial charge in [-0.3, -0.25) is 4.90 Å². The minimum Gasteiger partial charge on any atom is -0.465 e. The van der Waals surface area contributed by atoms with Crippen LogP contribution in [0.3, 0.4) is 0 Å². The van der Waals surface area contributed by atoms with E-state index in [0.29, 0.717) is 12.5 Å². The Hall–Kier alpha value is -2.48. The average molecular weight is 341 g/mol. The molecule has 0 bridgehead atoms. The maximum atomic E-state index is 5.69. The molecule has 0 saturated carbocycles. The van der Waals surface area contributed by atoms with Crippen molar-refractivity contribution >= 4 is 0 Å². The van der Waals surface area contributed by atoms with Gasteiger partial charge in [0.2, 0.25) is 0 Å². The second-order valence-electron chi connectivity index (χ2n) is 6.69. The van der Waals surface area contributed by atoms with Gasteiger partial charge in [-0.25, -0.2) is 9.67 Å². The predicted octanol–water partition coefficient (Wildman–Crippen LogP) is 1.74. The lowest BCUT2D eigenvalue weighted by molar-refractivity contribution is 0.186. The topological polar surface area (TPSA) is 77.8 Å². The molecule has 0 atom stereocenters. The number of aromatic nitrogens is 6. The summed E-state index contributed by atoms with van der Waals surface area (Å²) < 4.78 is 9.56. The highest BCUT2D eigenvalue weighted by molar-refractivity contribution is 5.07. The Labute approximate surface area is 146 Å². The number of likely N-dealkylation sites (tertiary alicyclic amines) is 1. The number of hydrogen-bond donors (Lipinski definition) is 0. The maximum absolute atomic E-state index is 5.69. The summed E-state index contributed by atoms with van der Waals surface area (Å²) in [5.41, 5.74) is 0. The van der Waals surface area contributed by atoms with Crippen LogP contribution >= 0.6 is 0 Å². The highest BCUT2D eigenvalue weighted by Gasteiger charge is 2.25. The van der Waals surface area contributed by atoms with Gasteiger partial charge >= 0.3 is 0 Å². The molecular weight excluding hydrogens is 318 g/mol. The molecule has 4 rings (SSSR count). The molecule has 25 heavy (non-hydrogen) atoms. The summed E-state index contributed by atoms with van der Waals surface area (Å²) in [4.78, 5) is 6.42. The third kappa shape index (κ3) is 3.48. The lowest BCUT2D eigenvalue weighted by Gasteiger charge is -2.30. The van der Waals surface area contributed by atoms with Crippen molar-refractivity contribution in [3.8, 4) is 0 Å². The number of aryl methyl sites for hydroxylation is 1. The van der Waals surface area contributed by atoms with Gasteiger partial charge in [-0.15, -0.1) is 10.2 Å². The van der Waals surface area contributed by atoms with Crippen LogP contribution in [0.4, 0.5) is 0 Å². The molecule has 3 aromatic rings. The van der Waals surface area contributed by atoms with E-state index in [0.717, 1.165) is 55.6 Å². The second-order valence-corrected chi connectivity index (χ2v) is 6.69. The SMILES string of the molecule is Cc1ccc(CN2CCC(c3nnc(Cn4cncn4)n3C)CC2)o1. The van der Waals surface area contributed by atoms with E-state index in [-0.39, 0.29) is 0 Å². The molecular formula is C17H23N7O. The molecule has 0 unspecified atom stereocenters. The van der Waals surface area contributed by atoms with Crippen molar-refractivity contribution in [3.05, 3.63) is 48.0 Å². The van der Waals surface area contributed by atoms with E-state index in [4.69, 9.17) is 4.42 Å². The molecule has 1 aliphatic rings.